The van der Waals surface area contributed by atoms with Gasteiger partial charge in [-0.05, 0) is 71.7 Å². The molecule has 194 valence electrons. The summed E-state index contributed by atoms with van der Waals surface area (Å²) in [6.45, 7) is 9.55. The largest absolute Gasteiger partial charge is 0.492 e. The number of likely N-dealkylation sites (tertiary alicyclic amines) is 1. The zero-order valence-electron chi connectivity index (χ0n) is 21.6. The Labute approximate surface area is 211 Å². The van der Waals surface area contributed by atoms with Crippen LogP contribution < -0.4 is 4.74 Å². The molecule has 0 bridgehead atoms. The number of fused-ring (bicyclic) bond motifs is 3. The highest BCUT2D eigenvalue weighted by Crippen LogP contribution is 2.43. The van der Waals surface area contributed by atoms with Crippen LogP contribution in [0.5, 0.6) is 5.75 Å². The third-order valence-electron chi connectivity index (χ3n) is 7.66. The first-order chi connectivity index (χ1) is 17.1. The Hall–Kier alpha value is -2.51. The average Bonchev–Trinajstić information content (AvgIpc) is 3.47. The van der Waals surface area contributed by atoms with E-state index in [2.05, 4.69) is 16.8 Å². The fraction of sp³-hybridized carbons (Fsp3) is 0.517. The molecule has 2 aliphatic heterocycles. The number of benzene rings is 2. The fourth-order valence-corrected chi connectivity index (χ4v) is 5.91. The van der Waals surface area contributed by atoms with Gasteiger partial charge in [-0.1, -0.05) is 18.2 Å². The molecule has 7 heteroatoms. The molecule has 3 atom stereocenters. The van der Waals surface area contributed by atoms with Gasteiger partial charge in [-0.3, -0.25) is 9.80 Å². The Bertz CT molecular complexity index is 1210. The van der Waals surface area contributed by atoms with Crippen LogP contribution in [0.4, 0.5) is 13.2 Å². The molecule has 0 spiro atoms. The molecule has 3 heterocycles. The molecule has 0 amide bonds. The lowest BCUT2D eigenvalue weighted by atomic mass is 9.87. The number of rotatable bonds is 7. The molecule has 5 rings (SSSR count). The zero-order valence-corrected chi connectivity index (χ0v) is 21.6. The van der Waals surface area contributed by atoms with Crippen molar-refractivity contribution in [2.45, 2.75) is 70.8 Å². The number of alkyl halides is 1. The molecular weight excluding hydrogens is 463 g/mol. The number of hydrogen-bond donors (Lipinski definition) is 1. The van der Waals surface area contributed by atoms with Crippen LogP contribution in [0.25, 0.3) is 10.9 Å². The SMILES string of the molecule is CC(COc1cc(F)c([C@@H]2c3[nH]c4ccccc4c3C[C@@H](C)N2CC(C)(C)F)c(F)c1)N1CCCC1. The van der Waals surface area contributed by atoms with Crippen molar-refractivity contribution in [3.63, 3.8) is 0 Å². The van der Waals surface area contributed by atoms with Gasteiger partial charge in [0.25, 0.3) is 0 Å². The maximum atomic E-state index is 15.7. The molecule has 2 aliphatic rings. The van der Waals surface area contributed by atoms with Crippen LogP contribution in [0.1, 0.15) is 63.4 Å². The molecule has 2 aromatic carbocycles. The molecule has 36 heavy (non-hydrogen) atoms. The molecule has 3 aromatic rings. The van der Waals surface area contributed by atoms with E-state index in [1.54, 1.807) is 0 Å². The molecule has 1 fully saturated rings. The molecule has 1 saturated heterocycles. The third kappa shape index (κ3) is 4.88. The van der Waals surface area contributed by atoms with Gasteiger partial charge >= 0.3 is 0 Å². The van der Waals surface area contributed by atoms with Gasteiger partial charge in [0.15, 0.2) is 0 Å². The second-order valence-electron chi connectivity index (χ2n) is 11.1. The van der Waals surface area contributed by atoms with E-state index in [-0.39, 0.29) is 29.9 Å². The number of nitrogens with one attached hydrogen (secondary N) is 1. The van der Waals surface area contributed by atoms with Gasteiger partial charge < -0.3 is 9.72 Å². The highest BCUT2D eigenvalue weighted by Gasteiger charge is 2.41. The summed E-state index contributed by atoms with van der Waals surface area (Å²) in [5.74, 6) is -1.17. The summed E-state index contributed by atoms with van der Waals surface area (Å²) < 4.78 is 52.2. The Morgan fingerprint density at radius 2 is 1.78 bits per heavy atom. The Balaban J connectivity index is 1.52. The number of para-hydroxylation sites is 1. The van der Waals surface area contributed by atoms with Crippen LogP contribution in [0.2, 0.25) is 0 Å². The van der Waals surface area contributed by atoms with Gasteiger partial charge in [0, 0.05) is 52.9 Å². The summed E-state index contributed by atoms with van der Waals surface area (Å²) in [5.41, 5.74) is 1.08. The monoisotopic (exact) mass is 499 g/mol. The van der Waals surface area contributed by atoms with Gasteiger partial charge in [-0.2, -0.15) is 0 Å². The highest BCUT2D eigenvalue weighted by molar-refractivity contribution is 5.85. The highest BCUT2D eigenvalue weighted by atomic mass is 19.1. The summed E-state index contributed by atoms with van der Waals surface area (Å²) >= 11 is 0. The molecule has 4 nitrogen and oxygen atoms in total. The number of nitrogens with zero attached hydrogens (tertiary/aromatic N) is 2. The van der Waals surface area contributed by atoms with E-state index in [4.69, 9.17) is 4.74 Å². The van der Waals surface area contributed by atoms with E-state index in [0.717, 1.165) is 35.2 Å². The van der Waals surface area contributed by atoms with Gasteiger partial charge in [-0.25, -0.2) is 13.2 Å². The standard InChI is InChI=1S/C29H36F3N3O/c1-18-13-22-21-9-5-6-10-25(21)33-27(22)28(35(18)17-29(3,4)32)26-23(30)14-20(15-24(26)31)36-16-19(2)34-11-7-8-12-34/h5-6,9-10,14-15,18-19,28,33H,7-8,11-13,16-17H2,1-4H3/t18-,19?,28-/m1/s1. The zero-order chi connectivity index (χ0) is 25.6. The first-order valence-electron chi connectivity index (χ1n) is 13.0. The minimum absolute atomic E-state index is 0.0537. The minimum atomic E-state index is -1.53. The summed E-state index contributed by atoms with van der Waals surface area (Å²) in [4.78, 5) is 7.62. The normalized spacial score (nSPS) is 22.2. The number of ether oxygens (including phenoxy) is 1. The maximum absolute atomic E-state index is 15.7. The van der Waals surface area contributed by atoms with Crippen molar-refractivity contribution in [3.8, 4) is 5.75 Å². The Morgan fingerprint density at radius 1 is 1.11 bits per heavy atom. The van der Waals surface area contributed by atoms with Crippen LogP contribution in [0, 0.1) is 11.6 Å². The van der Waals surface area contributed by atoms with Crippen molar-refractivity contribution in [3.05, 3.63) is 64.9 Å². The van der Waals surface area contributed by atoms with Crippen LogP contribution >= 0.6 is 0 Å². The van der Waals surface area contributed by atoms with Crippen LogP contribution in [0.15, 0.2) is 36.4 Å². The second kappa shape index (κ2) is 9.75. The van der Waals surface area contributed by atoms with Crippen LogP contribution in [-0.4, -0.2) is 58.8 Å². The molecule has 1 aromatic heterocycles. The predicted molar refractivity (Wildman–Crippen MR) is 137 cm³/mol. The number of hydrogen-bond acceptors (Lipinski definition) is 3. The van der Waals surface area contributed by atoms with Crippen molar-refractivity contribution < 1.29 is 17.9 Å². The van der Waals surface area contributed by atoms with E-state index < -0.39 is 23.3 Å². The summed E-state index contributed by atoms with van der Waals surface area (Å²) in [6, 6.07) is 9.72. The predicted octanol–water partition coefficient (Wildman–Crippen LogP) is 6.39. The lowest BCUT2D eigenvalue weighted by molar-refractivity contribution is 0.0642. The summed E-state index contributed by atoms with van der Waals surface area (Å²) in [6.07, 6.45) is 3.01. The molecule has 0 radical (unpaired) electrons. The molecule has 0 saturated carbocycles. The second-order valence-corrected chi connectivity index (χ2v) is 11.1. The number of halogens is 3. The van der Waals surface area contributed by atoms with E-state index >= 15 is 8.78 Å². The van der Waals surface area contributed by atoms with E-state index in [1.165, 1.54) is 38.8 Å². The topological polar surface area (TPSA) is 31.5 Å². The van der Waals surface area contributed by atoms with Gasteiger partial charge in [-0.15, -0.1) is 0 Å². The van der Waals surface area contributed by atoms with Gasteiger partial charge in [0.2, 0.25) is 0 Å². The van der Waals surface area contributed by atoms with E-state index in [1.807, 2.05) is 36.1 Å². The fourth-order valence-electron chi connectivity index (χ4n) is 5.91. The van der Waals surface area contributed by atoms with E-state index in [0.29, 0.717) is 13.0 Å². The van der Waals surface area contributed by atoms with Crippen molar-refractivity contribution in [2.24, 2.45) is 0 Å². The first kappa shape index (κ1) is 25.2. The summed E-state index contributed by atoms with van der Waals surface area (Å²) in [7, 11) is 0. The van der Waals surface area contributed by atoms with Crippen molar-refractivity contribution >= 4 is 10.9 Å². The molecule has 1 unspecified atom stereocenters. The van der Waals surface area contributed by atoms with Gasteiger partial charge in [0.05, 0.1) is 6.04 Å². The van der Waals surface area contributed by atoms with Crippen molar-refractivity contribution in [1.29, 1.82) is 0 Å². The maximum Gasteiger partial charge on any atom is 0.135 e. The third-order valence-corrected chi connectivity index (χ3v) is 7.66. The van der Waals surface area contributed by atoms with Crippen molar-refractivity contribution in [2.75, 3.05) is 26.2 Å². The van der Waals surface area contributed by atoms with Crippen molar-refractivity contribution in [1.82, 2.24) is 14.8 Å². The molecular formula is C29H36F3N3O. The van der Waals surface area contributed by atoms with Crippen LogP contribution in [-0.2, 0) is 6.42 Å². The number of aromatic nitrogens is 1. The van der Waals surface area contributed by atoms with Gasteiger partial charge in [0.1, 0.15) is 29.7 Å². The van der Waals surface area contributed by atoms with Crippen LogP contribution in [0.3, 0.4) is 0 Å². The Morgan fingerprint density at radius 3 is 2.44 bits per heavy atom. The molecule has 1 N–H and O–H groups in total. The number of aromatic amines is 1. The number of H-pyrrole nitrogens is 1. The average molecular weight is 500 g/mol. The quantitative estimate of drug-likeness (QED) is 0.409. The lowest BCUT2D eigenvalue weighted by Gasteiger charge is -2.43. The van der Waals surface area contributed by atoms with E-state index in [9.17, 15) is 4.39 Å². The molecule has 0 aliphatic carbocycles. The summed E-state index contributed by atoms with van der Waals surface area (Å²) in [5, 5.41) is 1.04. The Kier molecular flexibility index (Phi) is 6.81. The lowest BCUT2D eigenvalue weighted by Crippen LogP contribution is -2.48. The first-order valence-corrected chi connectivity index (χ1v) is 13.0. The smallest absolute Gasteiger partial charge is 0.135 e. The minimum Gasteiger partial charge on any atom is -0.492 e.